The van der Waals surface area contributed by atoms with Crippen molar-refractivity contribution in [3.05, 3.63) is 48.5 Å². The number of ether oxygens (including phenoxy) is 1. The quantitative estimate of drug-likeness (QED) is 0.936. The summed E-state index contributed by atoms with van der Waals surface area (Å²) >= 11 is 0. The number of fused-ring (bicyclic) bond motifs is 1. The van der Waals surface area contributed by atoms with E-state index in [2.05, 4.69) is 51.1 Å². The van der Waals surface area contributed by atoms with E-state index in [1.807, 2.05) is 6.20 Å². The lowest BCUT2D eigenvalue weighted by molar-refractivity contribution is -0.0788. The zero-order valence-corrected chi connectivity index (χ0v) is 12.3. The van der Waals surface area contributed by atoms with Gasteiger partial charge in [-0.1, -0.05) is 0 Å². The Hall–Kier alpha value is -1.52. The highest BCUT2D eigenvalue weighted by atomic mass is 16.5. The van der Waals surface area contributed by atoms with Gasteiger partial charge in [-0.15, -0.1) is 0 Å². The number of nitrogens with one attached hydrogen (secondary N) is 1. The maximum atomic E-state index is 6.15. The number of hydrogen-bond donors (Lipinski definition) is 1. The first-order valence-electron chi connectivity index (χ1n) is 7.99. The highest BCUT2D eigenvalue weighted by Crippen LogP contribution is 2.36. The van der Waals surface area contributed by atoms with Gasteiger partial charge in [0.15, 0.2) is 0 Å². The number of nitrogens with zero attached hydrogens (tertiary/aromatic N) is 2. The van der Waals surface area contributed by atoms with E-state index in [4.69, 9.17) is 4.74 Å². The van der Waals surface area contributed by atoms with Crippen LogP contribution in [0.5, 0.6) is 0 Å². The lowest BCUT2D eigenvalue weighted by atomic mass is 10.0. The Morgan fingerprint density at radius 1 is 1.19 bits per heavy atom. The molecule has 3 heterocycles. The van der Waals surface area contributed by atoms with Crippen molar-refractivity contribution in [1.82, 2.24) is 14.5 Å². The average molecular weight is 285 g/mol. The van der Waals surface area contributed by atoms with Crippen molar-refractivity contribution in [2.24, 2.45) is 5.92 Å². The second kappa shape index (κ2) is 5.70. The van der Waals surface area contributed by atoms with E-state index in [-0.39, 0.29) is 0 Å². The number of H-pyrrole nitrogens is 1. The Morgan fingerprint density at radius 2 is 2.10 bits per heavy atom. The van der Waals surface area contributed by atoms with Gasteiger partial charge < -0.3 is 14.3 Å². The molecule has 0 unspecified atom stereocenters. The molecule has 0 amide bonds. The minimum atomic E-state index is 0.399. The molecule has 0 bridgehead atoms. The monoisotopic (exact) mass is 285 g/mol. The molecule has 2 aromatic heterocycles. The van der Waals surface area contributed by atoms with Gasteiger partial charge in [0, 0.05) is 55.9 Å². The fourth-order valence-corrected chi connectivity index (χ4v) is 3.98. The van der Waals surface area contributed by atoms with Crippen molar-refractivity contribution in [3.63, 3.8) is 0 Å². The molecule has 2 fully saturated rings. The summed E-state index contributed by atoms with van der Waals surface area (Å²) in [6, 6.07) is 9.05. The SMILES string of the molecule is c1c[nH]c(CN2CCO[C@@H]3[C@@H](Cn4cccc4)CC[C@H]32)c1. The van der Waals surface area contributed by atoms with Crippen LogP contribution >= 0.6 is 0 Å². The maximum absolute atomic E-state index is 6.15. The van der Waals surface area contributed by atoms with Crippen molar-refractivity contribution < 1.29 is 4.74 Å². The van der Waals surface area contributed by atoms with Crippen molar-refractivity contribution in [3.8, 4) is 0 Å². The van der Waals surface area contributed by atoms with Crippen LogP contribution in [0.15, 0.2) is 42.9 Å². The van der Waals surface area contributed by atoms with Gasteiger partial charge in [-0.25, -0.2) is 0 Å². The molecule has 0 aromatic carbocycles. The van der Waals surface area contributed by atoms with E-state index in [0.29, 0.717) is 18.1 Å². The van der Waals surface area contributed by atoms with Crippen molar-refractivity contribution in [1.29, 1.82) is 0 Å². The normalized spacial score (nSPS) is 29.6. The highest BCUT2D eigenvalue weighted by molar-refractivity contribution is 5.05. The van der Waals surface area contributed by atoms with E-state index in [0.717, 1.165) is 26.2 Å². The van der Waals surface area contributed by atoms with E-state index in [1.165, 1.54) is 18.5 Å². The van der Waals surface area contributed by atoms with Gasteiger partial charge >= 0.3 is 0 Å². The van der Waals surface area contributed by atoms with Gasteiger partial charge in [0.2, 0.25) is 0 Å². The summed E-state index contributed by atoms with van der Waals surface area (Å²) in [5.41, 5.74) is 1.31. The van der Waals surface area contributed by atoms with E-state index in [9.17, 15) is 0 Å². The minimum absolute atomic E-state index is 0.399. The third kappa shape index (κ3) is 2.65. The zero-order chi connectivity index (χ0) is 14.1. The fourth-order valence-electron chi connectivity index (χ4n) is 3.98. The second-order valence-electron chi connectivity index (χ2n) is 6.29. The molecular formula is C17H23N3O. The summed E-state index contributed by atoms with van der Waals surface area (Å²) in [6.07, 6.45) is 9.26. The average Bonchev–Trinajstić information content (AvgIpc) is 3.22. The van der Waals surface area contributed by atoms with Gasteiger partial charge in [-0.3, -0.25) is 4.90 Å². The predicted octanol–water partition coefficient (Wildman–Crippen LogP) is 2.50. The van der Waals surface area contributed by atoms with Crippen LogP contribution in [-0.2, 0) is 17.8 Å². The van der Waals surface area contributed by atoms with Crippen LogP contribution in [0, 0.1) is 5.92 Å². The summed E-state index contributed by atoms with van der Waals surface area (Å²) in [4.78, 5) is 5.93. The molecule has 21 heavy (non-hydrogen) atoms. The molecule has 4 rings (SSSR count). The van der Waals surface area contributed by atoms with Crippen LogP contribution in [0.2, 0.25) is 0 Å². The highest BCUT2D eigenvalue weighted by Gasteiger charge is 2.42. The first-order valence-corrected chi connectivity index (χ1v) is 7.99. The molecule has 1 aliphatic heterocycles. The van der Waals surface area contributed by atoms with Crippen molar-refractivity contribution in [2.75, 3.05) is 13.2 Å². The lowest BCUT2D eigenvalue weighted by Crippen LogP contribution is -2.50. The van der Waals surface area contributed by atoms with E-state index < -0.39 is 0 Å². The minimum Gasteiger partial charge on any atom is -0.375 e. The van der Waals surface area contributed by atoms with E-state index in [1.54, 1.807) is 0 Å². The molecule has 1 saturated carbocycles. The third-order valence-electron chi connectivity index (χ3n) is 4.98. The number of rotatable bonds is 4. The standard InChI is InChI=1S/C17H23N3O/c1-2-9-19(8-1)12-14-5-6-16-17(14)21-11-10-20(16)13-15-4-3-7-18-15/h1-4,7-9,14,16-18H,5-6,10-13H2/t14-,16-,17-/m1/s1. The topological polar surface area (TPSA) is 33.2 Å². The molecule has 1 saturated heterocycles. The molecule has 0 radical (unpaired) electrons. The lowest BCUT2D eigenvalue weighted by Gasteiger charge is -2.39. The molecule has 0 spiro atoms. The van der Waals surface area contributed by atoms with Crippen LogP contribution in [-0.4, -0.2) is 39.7 Å². The Kier molecular flexibility index (Phi) is 3.57. The van der Waals surface area contributed by atoms with Crippen molar-refractivity contribution >= 4 is 0 Å². The summed E-state index contributed by atoms with van der Waals surface area (Å²) < 4.78 is 8.44. The first-order chi connectivity index (χ1) is 10.4. The van der Waals surface area contributed by atoms with E-state index >= 15 is 0 Å². The number of aromatic nitrogens is 2. The molecule has 4 nitrogen and oxygen atoms in total. The fraction of sp³-hybridized carbons (Fsp3) is 0.529. The Balaban J connectivity index is 1.44. The molecule has 1 aliphatic carbocycles. The second-order valence-corrected chi connectivity index (χ2v) is 6.29. The largest absolute Gasteiger partial charge is 0.375 e. The van der Waals surface area contributed by atoms with Crippen LogP contribution in [0.1, 0.15) is 18.5 Å². The summed E-state index contributed by atoms with van der Waals surface area (Å²) in [6.45, 7) is 4.03. The molecule has 2 aliphatic rings. The Labute approximate surface area is 125 Å². The molecular weight excluding hydrogens is 262 g/mol. The molecule has 3 atom stereocenters. The van der Waals surface area contributed by atoms with Gasteiger partial charge in [-0.05, 0) is 37.1 Å². The molecule has 2 aromatic rings. The van der Waals surface area contributed by atoms with Gasteiger partial charge in [0.05, 0.1) is 12.7 Å². The first kappa shape index (κ1) is 13.2. The van der Waals surface area contributed by atoms with Crippen LogP contribution in [0.4, 0.5) is 0 Å². The molecule has 4 heteroatoms. The maximum Gasteiger partial charge on any atom is 0.0776 e. The van der Waals surface area contributed by atoms with Crippen LogP contribution in [0.3, 0.4) is 0 Å². The van der Waals surface area contributed by atoms with Crippen LogP contribution < -0.4 is 0 Å². The predicted molar refractivity (Wildman–Crippen MR) is 81.9 cm³/mol. The summed E-state index contributed by atoms with van der Waals surface area (Å²) in [5.74, 6) is 0.647. The Bertz CT molecular complexity index is 549. The number of hydrogen-bond acceptors (Lipinski definition) is 2. The van der Waals surface area contributed by atoms with Gasteiger partial charge in [0.1, 0.15) is 0 Å². The smallest absolute Gasteiger partial charge is 0.0776 e. The molecule has 112 valence electrons. The van der Waals surface area contributed by atoms with Gasteiger partial charge in [0.25, 0.3) is 0 Å². The summed E-state index contributed by atoms with van der Waals surface area (Å²) in [5, 5.41) is 0. The van der Waals surface area contributed by atoms with Gasteiger partial charge in [-0.2, -0.15) is 0 Å². The number of morpholine rings is 1. The van der Waals surface area contributed by atoms with Crippen LogP contribution in [0.25, 0.3) is 0 Å². The van der Waals surface area contributed by atoms with Crippen molar-refractivity contribution in [2.45, 2.75) is 38.1 Å². The Morgan fingerprint density at radius 3 is 2.90 bits per heavy atom. The zero-order valence-electron chi connectivity index (χ0n) is 12.3. The number of aromatic amines is 1. The summed E-state index contributed by atoms with van der Waals surface area (Å²) in [7, 11) is 0. The third-order valence-corrected chi connectivity index (χ3v) is 4.98. The molecule has 1 N–H and O–H groups in total.